The highest BCUT2D eigenvalue weighted by atomic mass is 16.5. The van der Waals surface area contributed by atoms with Crippen molar-refractivity contribution in [2.45, 2.75) is 12.8 Å². The van der Waals surface area contributed by atoms with E-state index in [1.54, 1.807) is 12.1 Å². The second kappa shape index (κ2) is 7.28. The average Bonchev–Trinajstić information content (AvgIpc) is 2.49. The lowest BCUT2D eigenvalue weighted by Crippen LogP contribution is -2.04. The van der Waals surface area contributed by atoms with Crippen LogP contribution in [0, 0.1) is 0 Å². The van der Waals surface area contributed by atoms with Gasteiger partial charge in [-0.3, -0.25) is 0 Å². The zero-order chi connectivity index (χ0) is 15.1. The number of rotatable bonds is 7. The highest BCUT2D eigenvalue weighted by Crippen LogP contribution is 2.19. The van der Waals surface area contributed by atoms with Gasteiger partial charge < -0.3 is 13.9 Å². The quantitative estimate of drug-likeness (QED) is 0.339. The number of hydrogen-bond acceptors (Lipinski definition) is 5. The van der Waals surface area contributed by atoms with Crippen LogP contribution >= 0.6 is 0 Å². The Hall–Kier alpha value is -2.56. The topological polar surface area (TPSA) is 65.7 Å². The number of benzene rings is 1. The van der Waals surface area contributed by atoms with Crippen molar-refractivity contribution >= 4 is 16.9 Å². The first-order valence-electron chi connectivity index (χ1n) is 6.65. The van der Waals surface area contributed by atoms with Gasteiger partial charge in [-0.15, -0.1) is 0 Å². The molecule has 0 saturated carbocycles. The van der Waals surface area contributed by atoms with E-state index in [1.165, 1.54) is 6.07 Å². The molecule has 2 aromatic rings. The minimum Gasteiger partial charge on any atom is -0.493 e. The minimum atomic E-state index is -0.416. The second-order valence-corrected chi connectivity index (χ2v) is 4.38. The van der Waals surface area contributed by atoms with Crippen molar-refractivity contribution in [1.29, 1.82) is 0 Å². The molecule has 0 saturated heterocycles. The fraction of sp³-hybridized carbons (Fsp3) is 0.250. The van der Waals surface area contributed by atoms with Crippen LogP contribution in [0.15, 0.2) is 52.2 Å². The molecule has 5 nitrogen and oxygen atoms in total. The van der Waals surface area contributed by atoms with Crippen molar-refractivity contribution in [1.82, 2.24) is 0 Å². The van der Waals surface area contributed by atoms with Gasteiger partial charge in [-0.05, 0) is 31.0 Å². The summed E-state index contributed by atoms with van der Waals surface area (Å²) in [5.41, 5.74) is 0.114. The van der Waals surface area contributed by atoms with Gasteiger partial charge in [0.05, 0.1) is 13.2 Å². The van der Waals surface area contributed by atoms with Crippen LogP contribution < -0.4 is 10.4 Å². The maximum atomic E-state index is 11.2. The highest BCUT2D eigenvalue weighted by Gasteiger charge is 2.01. The van der Waals surface area contributed by atoms with Gasteiger partial charge in [0.15, 0.2) is 0 Å². The lowest BCUT2D eigenvalue weighted by atomic mass is 10.2. The summed E-state index contributed by atoms with van der Waals surface area (Å²) in [4.78, 5) is 22.0. The summed E-state index contributed by atoms with van der Waals surface area (Å²) >= 11 is 0. The van der Waals surface area contributed by atoms with Gasteiger partial charge >= 0.3 is 11.6 Å². The molecule has 21 heavy (non-hydrogen) atoms. The predicted molar refractivity (Wildman–Crippen MR) is 78.4 cm³/mol. The van der Waals surface area contributed by atoms with Crippen LogP contribution in [0.2, 0.25) is 0 Å². The number of carbonyl (C=O) groups excluding carboxylic acids is 1. The monoisotopic (exact) mass is 288 g/mol. The van der Waals surface area contributed by atoms with Crippen molar-refractivity contribution < 1.29 is 18.7 Å². The van der Waals surface area contributed by atoms with Crippen molar-refractivity contribution in [2.75, 3.05) is 13.2 Å². The predicted octanol–water partition coefficient (Wildman–Crippen LogP) is 2.68. The maximum absolute atomic E-state index is 11.2. The molecule has 0 atom stereocenters. The smallest absolute Gasteiger partial charge is 0.336 e. The SMILES string of the molecule is C=CC(=O)OCCCCOc1ccc2ccc(=O)oc2c1. The minimum absolute atomic E-state index is 0.348. The van der Waals surface area contributed by atoms with E-state index in [2.05, 4.69) is 6.58 Å². The van der Waals surface area contributed by atoms with Crippen molar-refractivity contribution in [3.8, 4) is 5.75 Å². The summed E-state index contributed by atoms with van der Waals surface area (Å²) in [5.74, 6) is 0.223. The summed E-state index contributed by atoms with van der Waals surface area (Å²) in [7, 11) is 0. The van der Waals surface area contributed by atoms with Crippen molar-refractivity contribution in [2.24, 2.45) is 0 Å². The Morgan fingerprint density at radius 2 is 1.95 bits per heavy atom. The molecule has 0 amide bonds. The van der Waals surface area contributed by atoms with Crippen molar-refractivity contribution in [3.63, 3.8) is 0 Å². The molecule has 5 heteroatoms. The number of ether oxygens (including phenoxy) is 2. The van der Waals surface area contributed by atoms with E-state index in [1.807, 2.05) is 12.1 Å². The highest BCUT2D eigenvalue weighted by molar-refractivity contribution is 5.81. The molecular formula is C16H16O5. The van der Waals surface area contributed by atoms with Crippen LogP contribution in [0.1, 0.15) is 12.8 Å². The molecule has 0 aliphatic carbocycles. The Morgan fingerprint density at radius 3 is 2.76 bits per heavy atom. The molecule has 110 valence electrons. The van der Waals surface area contributed by atoms with E-state index in [9.17, 15) is 9.59 Å². The fourth-order valence-electron chi connectivity index (χ4n) is 1.76. The number of esters is 1. The first-order chi connectivity index (χ1) is 10.2. The van der Waals surface area contributed by atoms with E-state index in [0.717, 1.165) is 17.9 Å². The molecule has 1 heterocycles. The van der Waals surface area contributed by atoms with Gasteiger partial charge in [0.1, 0.15) is 11.3 Å². The largest absolute Gasteiger partial charge is 0.493 e. The third-order valence-corrected chi connectivity index (χ3v) is 2.81. The lowest BCUT2D eigenvalue weighted by molar-refractivity contribution is -0.137. The number of unbranched alkanes of at least 4 members (excludes halogenated alkanes) is 1. The van der Waals surface area contributed by atoms with E-state index in [4.69, 9.17) is 13.9 Å². The summed E-state index contributed by atoms with van der Waals surface area (Å²) in [6.45, 7) is 4.16. The Labute approximate surface area is 121 Å². The average molecular weight is 288 g/mol. The Morgan fingerprint density at radius 1 is 1.19 bits per heavy atom. The summed E-state index contributed by atoms with van der Waals surface area (Å²) in [5, 5.41) is 0.846. The normalized spacial score (nSPS) is 10.3. The third-order valence-electron chi connectivity index (χ3n) is 2.81. The summed E-state index contributed by atoms with van der Waals surface area (Å²) < 4.78 is 15.5. The van der Waals surface area contributed by atoms with E-state index < -0.39 is 5.97 Å². The Bertz CT molecular complexity index is 686. The standard InChI is InChI=1S/C16H16O5/c1-2-15(17)20-10-4-3-9-19-13-7-5-12-6-8-16(18)21-14(12)11-13/h2,5-8,11H,1,3-4,9-10H2. The third kappa shape index (κ3) is 4.49. The maximum Gasteiger partial charge on any atom is 0.336 e. The van der Waals surface area contributed by atoms with Gasteiger partial charge in [0, 0.05) is 23.6 Å². The molecular weight excluding hydrogens is 272 g/mol. The van der Waals surface area contributed by atoms with Crippen LogP contribution in [0.4, 0.5) is 0 Å². The lowest BCUT2D eigenvalue weighted by Gasteiger charge is -2.07. The van der Waals surface area contributed by atoms with E-state index in [0.29, 0.717) is 31.0 Å². The Balaban J connectivity index is 1.79. The van der Waals surface area contributed by atoms with Crippen LogP contribution in [-0.4, -0.2) is 19.2 Å². The molecule has 0 unspecified atom stereocenters. The van der Waals surface area contributed by atoms with Crippen LogP contribution in [0.3, 0.4) is 0 Å². The molecule has 2 rings (SSSR count). The van der Waals surface area contributed by atoms with Gasteiger partial charge in [0.25, 0.3) is 0 Å². The summed E-state index contributed by atoms with van der Waals surface area (Å²) in [6.07, 6.45) is 2.60. The van der Waals surface area contributed by atoms with Crippen LogP contribution in [0.5, 0.6) is 5.75 Å². The number of fused-ring (bicyclic) bond motifs is 1. The second-order valence-electron chi connectivity index (χ2n) is 4.38. The van der Waals surface area contributed by atoms with E-state index in [-0.39, 0.29) is 5.63 Å². The van der Waals surface area contributed by atoms with Gasteiger partial charge in [-0.2, -0.15) is 0 Å². The zero-order valence-electron chi connectivity index (χ0n) is 11.5. The van der Waals surface area contributed by atoms with Crippen molar-refractivity contribution in [3.05, 3.63) is 53.4 Å². The first-order valence-corrected chi connectivity index (χ1v) is 6.65. The van der Waals surface area contributed by atoms with Gasteiger partial charge in [-0.1, -0.05) is 6.58 Å². The molecule has 0 aliphatic heterocycles. The molecule has 1 aromatic heterocycles. The van der Waals surface area contributed by atoms with Crippen LogP contribution in [-0.2, 0) is 9.53 Å². The van der Waals surface area contributed by atoms with Gasteiger partial charge in [0.2, 0.25) is 0 Å². The van der Waals surface area contributed by atoms with Gasteiger partial charge in [-0.25, -0.2) is 9.59 Å². The molecule has 0 fully saturated rings. The number of hydrogen-bond donors (Lipinski definition) is 0. The summed E-state index contributed by atoms with van der Waals surface area (Å²) in [6, 6.07) is 8.43. The zero-order valence-corrected chi connectivity index (χ0v) is 11.5. The molecule has 0 bridgehead atoms. The fourth-order valence-corrected chi connectivity index (χ4v) is 1.76. The molecule has 0 N–H and O–H groups in total. The molecule has 0 spiro atoms. The molecule has 0 radical (unpaired) electrons. The van der Waals surface area contributed by atoms with Crippen LogP contribution in [0.25, 0.3) is 11.0 Å². The first kappa shape index (κ1) is 14.8. The Kier molecular flexibility index (Phi) is 5.15. The molecule has 0 aliphatic rings. The number of carbonyl (C=O) groups is 1. The molecule has 1 aromatic carbocycles. The van der Waals surface area contributed by atoms with E-state index >= 15 is 0 Å².